The molecule has 0 heterocycles. The third kappa shape index (κ3) is 3.92. The molecule has 0 atom stereocenters. The molecule has 2 N–H and O–H groups in total. The monoisotopic (exact) mass is 369 g/mol. The lowest BCUT2D eigenvalue weighted by Crippen LogP contribution is -2.12. The Balaban J connectivity index is 2.18. The first-order valence-corrected chi connectivity index (χ1v) is 7.26. The summed E-state index contributed by atoms with van der Waals surface area (Å²) >= 11 is 8.30. The van der Waals surface area contributed by atoms with E-state index in [1.807, 2.05) is 6.07 Å². The van der Waals surface area contributed by atoms with Gasteiger partial charge in [-0.3, -0.25) is 0 Å². The van der Waals surface area contributed by atoms with Crippen molar-refractivity contribution in [2.45, 2.75) is 6.61 Å². The molecule has 2 rings (SSSR count). The summed E-state index contributed by atoms with van der Waals surface area (Å²) in [6.45, 7) is 0.266. The Kier molecular flexibility index (Phi) is 5.14. The SMILES string of the molecule is COc1ccc(COc2cc(F)ccc2Br)cc1C(N)=S. The van der Waals surface area contributed by atoms with E-state index in [1.165, 1.54) is 12.1 Å². The summed E-state index contributed by atoms with van der Waals surface area (Å²) < 4.78 is 24.7. The third-order valence-electron chi connectivity index (χ3n) is 2.82. The first-order chi connectivity index (χ1) is 10.0. The largest absolute Gasteiger partial charge is 0.496 e. The van der Waals surface area contributed by atoms with E-state index in [-0.39, 0.29) is 17.4 Å². The average Bonchev–Trinajstić information content (AvgIpc) is 2.47. The Morgan fingerprint density at radius 2 is 2.00 bits per heavy atom. The van der Waals surface area contributed by atoms with E-state index >= 15 is 0 Å². The summed E-state index contributed by atoms with van der Waals surface area (Å²) in [6.07, 6.45) is 0. The van der Waals surface area contributed by atoms with Crippen molar-refractivity contribution >= 4 is 33.1 Å². The van der Waals surface area contributed by atoms with Gasteiger partial charge in [-0.2, -0.15) is 0 Å². The van der Waals surface area contributed by atoms with Crippen LogP contribution in [-0.4, -0.2) is 12.1 Å². The van der Waals surface area contributed by atoms with Gasteiger partial charge in [0.2, 0.25) is 0 Å². The highest BCUT2D eigenvalue weighted by Crippen LogP contribution is 2.27. The van der Waals surface area contributed by atoms with Crippen LogP contribution in [0.5, 0.6) is 11.5 Å². The first-order valence-electron chi connectivity index (χ1n) is 6.06. The topological polar surface area (TPSA) is 44.5 Å². The average molecular weight is 370 g/mol. The molecule has 0 spiro atoms. The van der Waals surface area contributed by atoms with Crippen LogP contribution >= 0.6 is 28.1 Å². The summed E-state index contributed by atoms with van der Waals surface area (Å²) in [4.78, 5) is 0.251. The van der Waals surface area contributed by atoms with E-state index in [0.717, 1.165) is 5.56 Å². The molecule has 2 aromatic rings. The van der Waals surface area contributed by atoms with Gasteiger partial charge in [-0.25, -0.2) is 4.39 Å². The van der Waals surface area contributed by atoms with Crippen LogP contribution in [0.4, 0.5) is 4.39 Å². The van der Waals surface area contributed by atoms with Crippen molar-refractivity contribution in [1.82, 2.24) is 0 Å². The fourth-order valence-electron chi connectivity index (χ4n) is 1.79. The van der Waals surface area contributed by atoms with E-state index in [9.17, 15) is 4.39 Å². The molecule has 0 aliphatic heterocycles. The molecule has 0 saturated carbocycles. The zero-order chi connectivity index (χ0) is 15.4. The molecule has 0 radical (unpaired) electrons. The molecule has 2 aromatic carbocycles. The Morgan fingerprint density at radius 1 is 1.24 bits per heavy atom. The minimum atomic E-state index is -0.355. The van der Waals surface area contributed by atoms with E-state index in [2.05, 4.69) is 15.9 Å². The predicted molar refractivity (Wildman–Crippen MR) is 87.3 cm³/mol. The quantitative estimate of drug-likeness (QED) is 0.813. The summed E-state index contributed by atoms with van der Waals surface area (Å²) in [6, 6.07) is 9.69. The molecule has 0 saturated heterocycles. The lowest BCUT2D eigenvalue weighted by Gasteiger charge is -2.11. The first kappa shape index (κ1) is 15.7. The number of rotatable bonds is 5. The Bertz CT molecular complexity index is 679. The van der Waals surface area contributed by atoms with Crippen molar-refractivity contribution in [1.29, 1.82) is 0 Å². The van der Waals surface area contributed by atoms with Gasteiger partial charge >= 0.3 is 0 Å². The van der Waals surface area contributed by atoms with Gasteiger partial charge in [-0.1, -0.05) is 18.3 Å². The highest BCUT2D eigenvalue weighted by molar-refractivity contribution is 9.10. The lowest BCUT2D eigenvalue weighted by molar-refractivity contribution is 0.302. The molecule has 0 fully saturated rings. The Hall–Kier alpha value is -1.66. The normalized spacial score (nSPS) is 10.2. The van der Waals surface area contributed by atoms with Crippen molar-refractivity contribution < 1.29 is 13.9 Å². The van der Waals surface area contributed by atoms with Gasteiger partial charge in [0.05, 0.1) is 17.1 Å². The van der Waals surface area contributed by atoms with Gasteiger partial charge in [0.25, 0.3) is 0 Å². The van der Waals surface area contributed by atoms with Crippen molar-refractivity contribution in [2.75, 3.05) is 7.11 Å². The highest BCUT2D eigenvalue weighted by atomic mass is 79.9. The molecule has 0 aliphatic rings. The van der Waals surface area contributed by atoms with Crippen molar-refractivity contribution in [3.8, 4) is 11.5 Å². The number of hydrogen-bond acceptors (Lipinski definition) is 3. The van der Waals surface area contributed by atoms with Gasteiger partial charge in [0.1, 0.15) is 28.9 Å². The van der Waals surface area contributed by atoms with Crippen LogP contribution in [0.1, 0.15) is 11.1 Å². The predicted octanol–water partition coefficient (Wildman–Crippen LogP) is 3.81. The summed E-state index contributed by atoms with van der Waals surface area (Å²) in [5.74, 6) is 0.688. The van der Waals surface area contributed by atoms with Crippen molar-refractivity contribution in [3.63, 3.8) is 0 Å². The Morgan fingerprint density at radius 3 is 2.67 bits per heavy atom. The van der Waals surface area contributed by atoms with Crippen LogP contribution in [-0.2, 0) is 6.61 Å². The van der Waals surface area contributed by atoms with Crippen LogP contribution in [0, 0.1) is 5.82 Å². The van der Waals surface area contributed by atoms with Gasteiger partial charge < -0.3 is 15.2 Å². The maximum Gasteiger partial charge on any atom is 0.136 e. The molecule has 110 valence electrons. The number of benzene rings is 2. The van der Waals surface area contributed by atoms with E-state index in [1.54, 1.807) is 25.3 Å². The van der Waals surface area contributed by atoms with Crippen LogP contribution in [0.2, 0.25) is 0 Å². The zero-order valence-electron chi connectivity index (χ0n) is 11.2. The molecule has 0 unspecified atom stereocenters. The van der Waals surface area contributed by atoms with Crippen LogP contribution in [0.3, 0.4) is 0 Å². The number of nitrogens with two attached hydrogens (primary N) is 1. The summed E-state index contributed by atoms with van der Waals surface area (Å²) in [5, 5.41) is 0. The number of hydrogen-bond donors (Lipinski definition) is 1. The highest BCUT2D eigenvalue weighted by Gasteiger charge is 2.08. The van der Waals surface area contributed by atoms with Crippen molar-refractivity contribution in [2.24, 2.45) is 5.73 Å². The lowest BCUT2D eigenvalue weighted by atomic mass is 10.1. The second-order valence-corrected chi connectivity index (χ2v) is 5.56. The molecule has 21 heavy (non-hydrogen) atoms. The number of thiocarbonyl (C=S) groups is 1. The van der Waals surface area contributed by atoms with Crippen LogP contribution in [0.25, 0.3) is 0 Å². The molecule has 0 amide bonds. The van der Waals surface area contributed by atoms with E-state index < -0.39 is 0 Å². The molecule has 6 heteroatoms. The second-order valence-electron chi connectivity index (χ2n) is 4.26. The van der Waals surface area contributed by atoms with Gasteiger partial charge in [0.15, 0.2) is 0 Å². The summed E-state index contributed by atoms with van der Waals surface area (Å²) in [5.41, 5.74) is 7.17. The molecule has 3 nitrogen and oxygen atoms in total. The maximum atomic E-state index is 13.2. The molecular weight excluding hydrogens is 357 g/mol. The minimum Gasteiger partial charge on any atom is -0.496 e. The van der Waals surface area contributed by atoms with E-state index in [4.69, 9.17) is 27.4 Å². The summed E-state index contributed by atoms with van der Waals surface area (Å²) in [7, 11) is 1.55. The Labute approximate surface area is 136 Å². The fraction of sp³-hybridized carbons (Fsp3) is 0.133. The second kappa shape index (κ2) is 6.87. The standard InChI is InChI=1S/C15H13BrFNO2S/c1-19-13-5-2-9(6-11(13)15(18)21)8-20-14-7-10(17)3-4-12(14)16/h2-7H,8H2,1H3,(H2,18,21). The molecule has 0 aromatic heterocycles. The minimum absolute atomic E-state index is 0.251. The third-order valence-corrected chi connectivity index (χ3v) is 3.69. The number of halogens is 2. The van der Waals surface area contributed by atoms with Gasteiger partial charge in [0, 0.05) is 6.07 Å². The molecular formula is C15H13BrFNO2S. The zero-order valence-corrected chi connectivity index (χ0v) is 13.6. The number of methoxy groups -OCH3 is 1. The fourth-order valence-corrected chi connectivity index (χ4v) is 2.31. The number of ether oxygens (including phenoxy) is 2. The van der Waals surface area contributed by atoms with Gasteiger partial charge in [-0.05, 0) is 45.8 Å². The molecule has 0 aliphatic carbocycles. The smallest absolute Gasteiger partial charge is 0.136 e. The van der Waals surface area contributed by atoms with Crippen LogP contribution in [0.15, 0.2) is 40.9 Å². The van der Waals surface area contributed by atoms with Crippen molar-refractivity contribution in [3.05, 3.63) is 57.8 Å². The molecule has 0 bridgehead atoms. The van der Waals surface area contributed by atoms with E-state index in [0.29, 0.717) is 21.5 Å². The maximum absolute atomic E-state index is 13.2. The van der Waals surface area contributed by atoms with Gasteiger partial charge in [-0.15, -0.1) is 0 Å². The van der Waals surface area contributed by atoms with Crippen LogP contribution < -0.4 is 15.2 Å².